The molecule has 1 heterocycles. The lowest BCUT2D eigenvalue weighted by molar-refractivity contribution is -0.122. The molecule has 1 N–H and O–H groups in total. The summed E-state index contributed by atoms with van der Waals surface area (Å²) in [6.07, 6.45) is 9.04. The number of carbonyl (C=O) groups excluding carboxylic acids is 3. The van der Waals surface area contributed by atoms with Crippen LogP contribution in [0.15, 0.2) is 66.2 Å². The zero-order chi connectivity index (χ0) is 30.6. The molecule has 3 aromatic carbocycles. The minimum Gasteiger partial charge on any atom is -0.493 e. The van der Waals surface area contributed by atoms with Crippen LogP contribution in [0.2, 0.25) is 5.02 Å². The molecule has 44 heavy (non-hydrogen) atoms. The molecular weight excluding hydrogens is 583 g/mol. The molecule has 0 atom stereocenters. The second kappa shape index (κ2) is 11.1. The number of methoxy groups -OCH3 is 1. The highest BCUT2D eigenvalue weighted by molar-refractivity contribution is 6.39. The third-order valence-corrected chi connectivity index (χ3v) is 10.1. The van der Waals surface area contributed by atoms with E-state index in [1.807, 2.05) is 12.1 Å². The van der Waals surface area contributed by atoms with Crippen molar-refractivity contribution in [1.82, 2.24) is 5.32 Å². The maximum Gasteiger partial charge on any atom is 0.335 e. The summed E-state index contributed by atoms with van der Waals surface area (Å²) in [5, 5.41) is 2.43. The van der Waals surface area contributed by atoms with Gasteiger partial charge in [-0.1, -0.05) is 41.9 Å². The van der Waals surface area contributed by atoms with Gasteiger partial charge in [0.15, 0.2) is 11.5 Å². The maximum atomic E-state index is 14.1. The molecule has 4 saturated carbocycles. The van der Waals surface area contributed by atoms with Gasteiger partial charge in [-0.15, -0.1) is 0 Å². The second-order valence-electron chi connectivity index (χ2n) is 12.6. The quantitative estimate of drug-likeness (QED) is 0.225. The van der Waals surface area contributed by atoms with Crippen molar-refractivity contribution in [2.45, 2.75) is 50.5 Å². The summed E-state index contributed by atoms with van der Waals surface area (Å²) in [7, 11) is 1.42. The average Bonchev–Trinajstić information content (AvgIpc) is 2.99. The summed E-state index contributed by atoms with van der Waals surface area (Å²) in [4.78, 5) is 40.3. The van der Waals surface area contributed by atoms with Crippen LogP contribution >= 0.6 is 11.6 Å². The number of carbonyl (C=O) groups is 3. The van der Waals surface area contributed by atoms with E-state index in [9.17, 15) is 18.8 Å². The van der Waals surface area contributed by atoms with Crippen LogP contribution in [0.5, 0.6) is 11.5 Å². The lowest BCUT2D eigenvalue weighted by atomic mass is 9.48. The topological polar surface area (TPSA) is 84.9 Å². The zero-order valence-electron chi connectivity index (χ0n) is 24.3. The Balaban J connectivity index is 1.13. The Morgan fingerprint density at radius 3 is 2.27 bits per heavy atom. The van der Waals surface area contributed by atoms with Crippen molar-refractivity contribution in [3.63, 3.8) is 0 Å². The van der Waals surface area contributed by atoms with Crippen molar-refractivity contribution >= 4 is 41.2 Å². The molecule has 226 valence electrons. The molecule has 0 unspecified atom stereocenters. The van der Waals surface area contributed by atoms with Crippen LogP contribution in [0, 0.1) is 23.6 Å². The SMILES string of the molecule is COc1cc(/C=C2\C(=O)NC(=O)N(c3ccc(C45CC6CC(CC(C6)C4)C5)cc3)C2=O)cc(Cl)c1OCc1ccccc1F. The van der Waals surface area contributed by atoms with Gasteiger partial charge in [-0.25, -0.2) is 14.1 Å². The van der Waals surface area contributed by atoms with E-state index in [2.05, 4.69) is 5.32 Å². The van der Waals surface area contributed by atoms with E-state index in [1.165, 1.54) is 69.4 Å². The third-order valence-electron chi connectivity index (χ3n) is 9.77. The number of benzene rings is 3. The van der Waals surface area contributed by atoms with Crippen LogP contribution < -0.4 is 19.7 Å². The Morgan fingerprint density at radius 2 is 1.64 bits per heavy atom. The summed E-state index contributed by atoms with van der Waals surface area (Å²) >= 11 is 6.51. The molecule has 7 nitrogen and oxygen atoms in total. The van der Waals surface area contributed by atoms with Crippen molar-refractivity contribution in [1.29, 1.82) is 0 Å². The zero-order valence-corrected chi connectivity index (χ0v) is 25.0. The van der Waals surface area contributed by atoms with Crippen molar-refractivity contribution in [3.8, 4) is 11.5 Å². The van der Waals surface area contributed by atoms with E-state index < -0.39 is 23.7 Å². The van der Waals surface area contributed by atoms with E-state index in [-0.39, 0.29) is 34.1 Å². The Morgan fingerprint density at radius 1 is 0.977 bits per heavy atom. The van der Waals surface area contributed by atoms with Crippen LogP contribution in [0.4, 0.5) is 14.9 Å². The molecule has 8 rings (SSSR count). The number of hydrogen-bond acceptors (Lipinski definition) is 5. The average molecular weight is 615 g/mol. The fourth-order valence-electron chi connectivity index (χ4n) is 8.22. The highest BCUT2D eigenvalue weighted by Crippen LogP contribution is 2.60. The first kappa shape index (κ1) is 28.6. The molecule has 9 heteroatoms. The van der Waals surface area contributed by atoms with Gasteiger partial charge in [0.2, 0.25) is 0 Å². The number of amides is 4. The number of nitrogens with zero attached hydrogens (tertiary/aromatic N) is 1. The summed E-state index contributed by atoms with van der Waals surface area (Å²) in [5.41, 5.74) is 2.36. The van der Waals surface area contributed by atoms with E-state index in [0.717, 1.165) is 22.7 Å². The fourth-order valence-corrected chi connectivity index (χ4v) is 8.49. The van der Waals surface area contributed by atoms with E-state index in [0.29, 0.717) is 16.8 Å². The highest BCUT2D eigenvalue weighted by Gasteiger charge is 2.51. The molecular formula is C35H32ClFN2O5. The minimum atomic E-state index is -0.809. The Labute approximate surface area is 260 Å². The van der Waals surface area contributed by atoms with Gasteiger partial charge in [-0.05, 0) is 109 Å². The largest absolute Gasteiger partial charge is 0.493 e. The lowest BCUT2D eigenvalue weighted by Crippen LogP contribution is -2.54. The number of rotatable bonds is 7. The van der Waals surface area contributed by atoms with Crippen LogP contribution in [-0.4, -0.2) is 25.0 Å². The van der Waals surface area contributed by atoms with Gasteiger partial charge in [-0.2, -0.15) is 0 Å². The predicted octanol–water partition coefficient (Wildman–Crippen LogP) is 7.20. The molecule has 0 aromatic heterocycles. The third kappa shape index (κ3) is 5.05. The lowest BCUT2D eigenvalue weighted by Gasteiger charge is -2.57. The first-order chi connectivity index (χ1) is 21.2. The molecule has 4 aliphatic carbocycles. The number of anilines is 1. The molecule has 0 radical (unpaired) electrons. The van der Waals surface area contributed by atoms with E-state index in [1.54, 1.807) is 36.4 Å². The van der Waals surface area contributed by atoms with Crippen molar-refractivity contribution in [2.75, 3.05) is 12.0 Å². The van der Waals surface area contributed by atoms with Gasteiger partial charge < -0.3 is 9.47 Å². The van der Waals surface area contributed by atoms with Gasteiger partial charge in [-0.3, -0.25) is 14.9 Å². The van der Waals surface area contributed by atoms with Crippen molar-refractivity contribution < 1.29 is 28.2 Å². The number of barbiturate groups is 1. The molecule has 4 bridgehead atoms. The maximum absolute atomic E-state index is 14.1. The van der Waals surface area contributed by atoms with Crippen LogP contribution in [0.3, 0.4) is 0 Å². The number of hydrogen-bond donors (Lipinski definition) is 1. The second-order valence-corrected chi connectivity index (χ2v) is 13.0. The summed E-state index contributed by atoms with van der Waals surface area (Å²) in [6.45, 7) is -0.0805. The smallest absolute Gasteiger partial charge is 0.335 e. The molecule has 1 aliphatic heterocycles. The van der Waals surface area contributed by atoms with Crippen LogP contribution in [-0.2, 0) is 21.6 Å². The van der Waals surface area contributed by atoms with E-state index in [4.69, 9.17) is 21.1 Å². The first-order valence-corrected chi connectivity index (χ1v) is 15.4. The van der Waals surface area contributed by atoms with E-state index >= 15 is 0 Å². The Kier molecular flexibility index (Phi) is 7.20. The van der Waals surface area contributed by atoms with Crippen LogP contribution in [0.1, 0.15) is 55.2 Å². The molecule has 5 fully saturated rings. The normalized spacial score (nSPS) is 26.7. The minimum absolute atomic E-state index is 0.0805. The highest BCUT2D eigenvalue weighted by atomic mass is 35.5. The number of nitrogens with one attached hydrogen (secondary N) is 1. The number of imide groups is 2. The van der Waals surface area contributed by atoms with Gasteiger partial charge in [0.25, 0.3) is 11.8 Å². The molecule has 5 aliphatic rings. The monoisotopic (exact) mass is 614 g/mol. The van der Waals surface area contributed by atoms with Gasteiger partial charge in [0.05, 0.1) is 17.8 Å². The van der Waals surface area contributed by atoms with Crippen LogP contribution in [0.25, 0.3) is 6.08 Å². The molecule has 3 aromatic rings. The first-order valence-electron chi connectivity index (χ1n) is 15.0. The number of ether oxygens (including phenoxy) is 2. The number of urea groups is 1. The fraction of sp³-hybridized carbons (Fsp3) is 0.343. The van der Waals surface area contributed by atoms with Gasteiger partial charge >= 0.3 is 6.03 Å². The summed E-state index contributed by atoms with van der Waals surface area (Å²) in [6, 6.07) is 16.2. The Bertz CT molecular complexity index is 1670. The summed E-state index contributed by atoms with van der Waals surface area (Å²) in [5.74, 6) is 0.864. The predicted molar refractivity (Wildman–Crippen MR) is 164 cm³/mol. The van der Waals surface area contributed by atoms with Gasteiger partial charge in [0, 0.05) is 5.56 Å². The number of halogens is 2. The Hall–Kier alpha value is -4.17. The van der Waals surface area contributed by atoms with Gasteiger partial charge in [0.1, 0.15) is 18.0 Å². The standard InChI is InChI=1S/C35H32ClFN2O5/c1-43-30-15-20(14-28(36)31(30)44-19-24-4-2-3-5-29(24)37)13-27-32(40)38-34(42)39(33(27)41)26-8-6-25(7-9-26)35-16-21-10-22(17-35)12-23(11-21)18-35/h2-9,13-15,21-23H,10-12,16-19H2,1H3,(H,38,40,42)/b27-13+. The molecule has 1 saturated heterocycles. The summed E-state index contributed by atoms with van der Waals surface area (Å²) < 4.78 is 25.3. The molecule has 4 amide bonds. The van der Waals surface area contributed by atoms with Crippen molar-refractivity contribution in [2.24, 2.45) is 17.8 Å². The van der Waals surface area contributed by atoms with Crippen molar-refractivity contribution in [3.05, 3.63) is 93.8 Å². The molecule has 0 spiro atoms.